The summed E-state index contributed by atoms with van der Waals surface area (Å²) < 4.78 is 4.78. The lowest BCUT2D eigenvalue weighted by molar-refractivity contribution is -0.116. The van der Waals surface area contributed by atoms with Gasteiger partial charge in [0.25, 0.3) is 5.91 Å². The molecule has 0 fully saturated rings. The molecule has 0 radical (unpaired) electrons. The van der Waals surface area contributed by atoms with E-state index in [2.05, 4.69) is 5.43 Å². The van der Waals surface area contributed by atoms with E-state index in [9.17, 15) is 9.59 Å². The molecule has 1 aromatic rings. The van der Waals surface area contributed by atoms with Gasteiger partial charge in [0.2, 0.25) is 0 Å². The molecular weight excluding hydrogens is 268 g/mol. The fourth-order valence-corrected chi connectivity index (χ4v) is 1.84. The van der Waals surface area contributed by atoms with Crippen molar-refractivity contribution in [2.75, 3.05) is 17.5 Å². The standard InChI is InChI=1S/C13H17ClN2O3/c1-4-19-13(18)15-16(11(17)8-14)12-9(2)6-5-7-10(12)3/h5-7H,4,8H2,1-3H3,(H,15,18). The third-order valence-corrected chi connectivity index (χ3v) is 2.73. The normalized spacial score (nSPS) is 9.89. The Bertz CT molecular complexity index is 457. The van der Waals surface area contributed by atoms with Crippen LogP contribution in [0, 0.1) is 13.8 Å². The number of ether oxygens (including phenoxy) is 1. The highest BCUT2D eigenvalue weighted by atomic mass is 35.5. The Hall–Kier alpha value is -1.75. The SMILES string of the molecule is CCOC(=O)NN(C(=O)CCl)c1c(C)cccc1C. The van der Waals surface area contributed by atoms with Crippen LogP contribution in [0.15, 0.2) is 18.2 Å². The minimum atomic E-state index is -0.691. The Morgan fingerprint density at radius 1 is 1.32 bits per heavy atom. The molecule has 1 N–H and O–H groups in total. The van der Waals surface area contributed by atoms with Crippen LogP contribution in [0.5, 0.6) is 0 Å². The zero-order valence-electron chi connectivity index (χ0n) is 11.2. The molecule has 0 saturated carbocycles. The summed E-state index contributed by atoms with van der Waals surface area (Å²) in [5.41, 5.74) is 4.73. The molecule has 0 aromatic heterocycles. The molecule has 104 valence electrons. The summed E-state index contributed by atoms with van der Waals surface area (Å²) in [6.45, 7) is 5.61. The number of nitrogens with one attached hydrogen (secondary N) is 1. The Morgan fingerprint density at radius 2 is 1.89 bits per heavy atom. The van der Waals surface area contributed by atoms with Crippen LogP contribution in [0.1, 0.15) is 18.1 Å². The number of para-hydroxylation sites is 1. The zero-order valence-corrected chi connectivity index (χ0v) is 12.0. The molecule has 2 amide bonds. The molecule has 1 aromatic carbocycles. The molecular formula is C13H17ClN2O3. The average Bonchev–Trinajstić information content (AvgIpc) is 2.36. The predicted octanol–water partition coefficient (Wildman–Crippen LogP) is 2.54. The van der Waals surface area contributed by atoms with Gasteiger partial charge in [-0.2, -0.15) is 0 Å². The van der Waals surface area contributed by atoms with E-state index >= 15 is 0 Å². The second-order valence-corrected chi connectivity index (χ2v) is 4.20. The van der Waals surface area contributed by atoms with Crippen LogP contribution >= 0.6 is 11.6 Å². The molecule has 0 saturated heterocycles. The van der Waals surface area contributed by atoms with Crippen molar-refractivity contribution in [1.82, 2.24) is 5.43 Å². The van der Waals surface area contributed by atoms with Gasteiger partial charge in [0.05, 0.1) is 12.3 Å². The number of benzene rings is 1. The van der Waals surface area contributed by atoms with Crippen molar-refractivity contribution in [3.8, 4) is 0 Å². The Kier molecular flexibility index (Phi) is 5.63. The maximum absolute atomic E-state index is 11.9. The van der Waals surface area contributed by atoms with Crippen molar-refractivity contribution in [2.45, 2.75) is 20.8 Å². The molecule has 0 aliphatic rings. The first-order valence-corrected chi connectivity index (χ1v) is 6.43. The average molecular weight is 285 g/mol. The van der Waals surface area contributed by atoms with Gasteiger partial charge < -0.3 is 4.74 Å². The second-order valence-electron chi connectivity index (χ2n) is 3.94. The summed E-state index contributed by atoms with van der Waals surface area (Å²) in [6, 6.07) is 5.58. The summed E-state index contributed by atoms with van der Waals surface area (Å²) in [6.07, 6.45) is -0.691. The number of hydrogen-bond donors (Lipinski definition) is 1. The minimum absolute atomic E-state index is 0.224. The number of anilines is 1. The van der Waals surface area contributed by atoms with Crippen LogP contribution < -0.4 is 10.4 Å². The van der Waals surface area contributed by atoms with Gasteiger partial charge in [0, 0.05) is 0 Å². The Labute approximate surface area is 117 Å². The molecule has 0 spiro atoms. The van der Waals surface area contributed by atoms with Crippen molar-refractivity contribution in [1.29, 1.82) is 0 Å². The van der Waals surface area contributed by atoms with Crippen LogP contribution in [0.25, 0.3) is 0 Å². The molecule has 0 bridgehead atoms. The van der Waals surface area contributed by atoms with Gasteiger partial charge in [-0.1, -0.05) is 18.2 Å². The molecule has 19 heavy (non-hydrogen) atoms. The van der Waals surface area contributed by atoms with Gasteiger partial charge >= 0.3 is 6.09 Å². The predicted molar refractivity (Wildman–Crippen MR) is 74.3 cm³/mol. The van der Waals surface area contributed by atoms with Crippen LogP contribution in [-0.4, -0.2) is 24.5 Å². The monoisotopic (exact) mass is 284 g/mol. The molecule has 5 nitrogen and oxygen atoms in total. The van der Waals surface area contributed by atoms with Crippen LogP contribution in [0.2, 0.25) is 0 Å². The summed E-state index contributed by atoms with van der Waals surface area (Å²) in [4.78, 5) is 23.4. The van der Waals surface area contributed by atoms with E-state index in [0.717, 1.165) is 16.1 Å². The van der Waals surface area contributed by atoms with Crippen LogP contribution in [-0.2, 0) is 9.53 Å². The number of carbonyl (C=O) groups excluding carboxylic acids is 2. The lowest BCUT2D eigenvalue weighted by Crippen LogP contribution is -2.48. The zero-order chi connectivity index (χ0) is 14.4. The Balaban J connectivity index is 3.10. The number of halogens is 1. The number of alkyl halides is 1. The van der Waals surface area contributed by atoms with Crippen LogP contribution in [0.4, 0.5) is 10.5 Å². The van der Waals surface area contributed by atoms with E-state index < -0.39 is 12.0 Å². The first-order chi connectivity index (χ1) is 9.01. The number of amides is 2. The summed E-state index contributed by atoms with van der Waals surface area (Å²) in [5, 5.41) is 1.13. The fourth-order valence-electron chi connectivity index (χ4n) is 1.72. The molecule has 6 heteroatoms. The first-order valence-electron chi connectivity index (χ1n) is 5.89. The third-order valence-electron chi connectivity index (χ3n) is 2.51. The van der Waals surface area contributed by atoms with Gasteiger partial charge in [0.1, 0.15) is 5.88 Å². The van der Waals surface area contributed by atoms with E-state index in [1.165, 1.54) is 0 Å². The quantitative estimate of drug-likeness (QED) is 0.685. The summed E-state index contributed by atoms with van der Waals surface area (Å²) in [7, 11) is 0. The molecule has 0 unspecified atom stereocenters. The highest BCUT2D eigenvalue weighted by Crippen LogP contribution is 2.23. The highest BCUT2D eigenvalue weighted by molar-refractivity contribution is 6.29. The fraction of sp³-hybridized carbons (Fsp3) is 0.385. The van der Waals surface area contributed by atoms with E-state index in [0.29, 0.717) is 5.69 Å². The summed E-state index contributed by atoms with van der Waals surface area (Å²) >= 11 is 5.58. The topological polar surface area (TPSA) is 58.6 Å². The number of nitrogens with zero attached hydrogens (tertiary/aromatic N) is 1. The van der Waals surface area contributed by atoms with E-state index in [4.69, 9.17) is 16.3 Å². The Morgan fingerprint density at radius 3 is 2.37 bits per heavy atom. The minimum Gasteiger partial charge on any atom is -0.449 e. The number of rotatable bonds is 3. The van der Waals surface area contributed by atoms with Gasteiger partial charge in [-0.3, -0.25) is 4.79 Å². The number of carbonyl (C=O) groups is 2. The molecule has 1 rings (SSSR count). The van der Waals surface area contributed by atoms with Gasteiger partial charge in [-0.25, -0.2) is 15.2 Å². The number of aryl methyl sites for hydroxylation is 2. The largest absolute Gasteiger partial charge is 0.449 e. The van der Waals surface area contributed by atoms with Gasteiger partial charge in [-0.15, -0.1) is 11.6 Å². The molecule has 0 aliphatic carbocycles. The first kappa shape index (κ1) is 15.3. The second kappa shape index (κ2) is 6.99. The third kappa shape index (κ3) is 3.86. The summed E-state index contributed by atoms with van der Waals surface area (Å²) in [5.74, 6) is -0.660. The van der Waals surface area contributed by atoms with Crippen molar-refractivity contribution >= 4 is 29.3 Å². The number of hydrazine groups is 1. The van der Waals surface area contributed by atoms with Gasteiger partial charge in [0.15, 0.2) is 0 Å². The van der Waals surface area contributed by atoms with Crippen molar-refractivity contribution in [3.05, 3.63) is 29.3 Å². The van der Waals surface area contributed by atoms with Crippen molar-refractivity contribution in [2.24, 2.45) is 0 Å². The molecule has 0 aliphatic heterocycles. The van der Waals surface area contributed by atoms with E-state index in [1.807, 2.05) is 32.0 Å². The smallest absolute Gasteiger partial charge is 0.426 e. The van der Waals surface area contributed by atoms with Crippen molar-refractivity contribution in [3.63, 3.8) is 0 Å². The lowest BCUT2D eigenvalue weighted by atomic mass is 10.1. The molecule has 0 heterocycles. The maximum atomic E-state index is 11.9. The van der Waals surface area contributed by atoms with E-state index in [-0.39, 0.29) is 12.5 Å². The van der Waals surface area contributed by atoms with Crippen molar-refractivity contribution < 1.29 is 14.3 Å². The highest BCUT2D eigenvalue weighted by Gasteiger charge is 2.21. The number of hydrogen-bond acceptors (Lipinski definition) is 3. The van der Waals surface area contributed by atoms with E-state index in [1.54, 1.807) is 6.92 Å². The van der Waals surface area contributed by atoms with Gasteiger partial charge in [-0.05, 0) is 31.9 Å². The molecule has 0 atom stereocenters. The maximum Gasteiger partial charge on any atom is 0.426 e. The lowest BCUT2D eigenvalue weighted by Gasteiger charge is -2.25. The van der Waals surface area contributed by atoms with Crippen LogP contribution in [0.3, 0.4) is 0 Å².